The Balaban J connectivity index is 3.42. The van der Waals surface area contributed by atoms with Gasteiger partial charge in [0.05, 0.1) is 10.5 Å². The molecule has 1 aromatic rings. The van der Waals surface area contributed by atoms with E-state index in [0.29, 0.717) is 0 Å². The van der Waals surface area contributed by atoms with Crippen molar-refractivity contribution >= 4 is 22.5 Å². The molecular formula is C8H5ClFNO3. The fraction of sp³-hybridized carbons (Fsp3) is 0.125. The minimum absolute atomic E-state index is 0.147. The molecule has 1 rings (SSSR count). The number of hydrogen-bond donors (Lipinski definition) is 0. The first kappa shape index (κ1) is 10.6. The molecular weight excluding hydrogens is 213 g/mol. The zero-order valence-corrected chi connectivity index (χ0v) is 7.84. The van der Waals surface area contributed by atoms with Crippen LogP contribution < -0.4 is 0 Å². The van der Waals surface area contributed by atoms with Crippen LogP contribution in [0.2, 0.25) is 0 Å². The summed E-state index contributed by atoms with van der Waals surface area (Å²) < 4.78 is 13.0. The highest BCUT2D eigenvalue weighted by molar-refractivity contribution is 6.67. The molecule has 0 unspecified atom stereocenters. The van der Waals surface area contributed by atoms with Gasteiger partial charge in [0.25, 0.3) is 10.9 Å². The molecule has 0 N–H and O–H groups in total. The van der Waals surface area contributed by atoms with E-state index in [1.54, 1.807) is 0 Å². The number of nitrogens with zero attached hydrogens (tertiary/aromatic N) is 1. The second kappa shape index (κ2) is 3.71. The summed E-state index contributed by atoms with van der Waals surface area (Å²) in [5.41, 5.74) is -0.659. The van der Waals surface area contributed by atoms with E-state index < -0.39 is 21.5 Å². The molecule has 0 aliphatic heterocycles. The maximum Gasteiger partial charge on any atom is 0.273 e. The zero-order chi connectivity index (χ0) is 10.9. The number of aryl methyl sites for hydroxylation is 1. The predicted molar refractivity (Wildman–Crippen MR) is 48.0 cm³/mol. The fourth-order valence-electron chi connectivity index (χ4n) is 1.01. The molecule has 0 fully saturated rings. The number of nitro groups is 1. The molecule has 1 aromatic carbocycles. The van der Waals surface area contributed by atoms with Gasteiger partial charge in [-0.05, 0) is 24.6 Å². The number of nitro benzene ring substituents is 1. The second-order valence-corrected chi connectivity index (χ2v) is 2.99. The van der Waals surface area contributed by atoms with Crippen molar-refractivity contribution in [2.24, 2.45) is 0 Å². The van der Waals surface area contributed by atoms with Crippen molar-refractivity contribution in [2.75, 3.05) is 0 Å². The van der Waals surface area contributed by atoms with Gasteiger partial charge in [-0.15, -0.1) is 0 Å². The molecule has 0 aromatic heterocycles. The molecule has 0 spiro atoms. The average Bonchev–Trinajstić information content (AvgIpc) is 2.02. The van der Waals surface area contributed by atoms with Crippen LogP contribution in [0, 0.1) is 22.9 Å². The molecule has 0 atom stereocenters. The number of rotatable bonds is 2. The van der Waals surface area contributed by atoms with Crippen molar-refractivity contribution in [2.45, 2.75) is 6.92 Å². The Labute approximate surface area is 83.4 Å². The SMILES string of the molecule is Cc1cc(F)c(C(=O)Cl)cc1[N+](=O)[O-]. The van der Waals surface area contributed by atoms with Crippen LogP contribution in [0.4, 0.5) is 10.1 Å². The van der Waals surface area contributed by atoms with Crippen molar-refractivity contribution in [3.63, 3.8) is 0 Å². The maximum atomic E-state index is 13.0. The van der Waals surface area contributed by atoms with Crippen molar-refractivity contribution in [1.29, 1.82) is 0 Å². The molecule has 0 heterocycles. The van der Waals surface area contributed by atoms with E-state index >= 15 is 0 Å². The molecule has 0 aliphatic carbocycles. The third-order valence-electron chi connectivity index (χ3n) is 1.69. The molecule has 0 aliphatic rings. The summed E-state index contributed by atoms with van der Waals surface area (Å²) in [6.07, 6.45) is 0. The summed E-state index contributed by atoms with van der Waals surface area (Å²) in [7, 11) is 0. The topological polar surface area (TPSA) is 60.2 Å². The Morgan fingerprint density at radius 1 is 1.57 bits per heavy atom. The normalized spacial score (nSPS) is 9.93. The molecule has 4 nitrogen and oxygen atoms in total. The van der Waals surface area contributed by atoms with Gasteiger partial charge in [0.15, 0.2) is 0 Å². The predicted octanol–water partition coefficient (Wildman–Crippen LogP) is 2.42. The molecule has 74 valence electrons. The van der Waals surface area contributed by atoms with Crippen molar-refractivity contribution in [1.82, 2.24) is 0 Å². The highest BCUT2D eigenvalue weighted by Gasteiger charge is 2.18. The number of halogens is 2. The molecule has 0 radical (unpaired) electrons. The molecule has 0 amide bonds. The highest BCUT2D eigenvalue weighted by atomic mass is 35.5. The largest absolute Gasteiger partial charge is 0.275 e. The van der Waals surface area contributed by atoms with Crippen LogP contribution in [0.25, 0.3) is 0 Å². The number of benzene rings is 1. The smallest absolute Gasteiger partial charge is 0.273 e. The van der Waals surface area contributed by atoms with E-state index in [4.69, 9.17) is 11.6 Å². The first-order valence-electron chi connectivity index (χ1n) is 3.58. The lowest BCUT2D eigenvalue weighted by Crippen LogP contribution is -1.99. The highest BCUT2D eigenvalue weighted by Crippen LogP contribution is 2.23. The summed E-state index contributed by atoms with van der Waals surface area (Å²) in [5.74, 6) is -0.854. The van der Waals surface area contributed by atoms with Crippen LogP contribution in [0.3, 0.4) is 0 Å². The second-order valence-electron chi connectivity index (χ2n) is 2.65. The summed E-state index contributed by atoms with van der Waals surface area (Å²) in [5, 5.41) is 9.39. The van der Waals surface area contributed by atoms with E-state index in [1.165, 1.54) is 6.92 Å². The maximum absolute atomic E-state index is 13.0. The Morgan fingerprint density at radius 2 is 2.14 bits per heavy atom. The van der Waals surface area contributed by atoms with Gasteiger partial charge in [-0.25, -0.2) is 4.39 Å². The van der Waals surface area contributed by atoms with Crippen LogP contribution in [0.15, 0.2) is 12.1 Å². The van der Waals surface area contributed by atoms with Crippen LogP contribution in [-0.2, 0) is 0 Å². The van der Waals surface area contributed by atoms with E-state index in [0.717, 1.165) is 12.1 Å². The summed E-state index contributed by atoms with van der Waals surface area (Å²) in [6.45, 7) is 1.38. The molecule has 0 bridgehead atoms. The monoisotopic (exact) mass is 217 g/mol. The summed E-state index contributed by atoms with van der Waals surface area (Å²) in [4.78, 5) is 20.4. The van der Waals surface area contributed by atoms with Crippen molar-refractivity contribution in [3.8, 4) is 0 Å². The zero-order valence-electron chi connectivity index (χ0n) is 7.08. The quantitative estimate of drug-likeness (QED) is 0.434. The van der Waals surface area contributed by atoms with Gasteiger partial charge >= 0.3 is 0 Å². The van der Waals surface area contributed by atoms with E-state index in [1.807, 2.05) is 0 Å². The van der Waals surface area contributed by atoms with Crippen LogP contribution in [0.1, 0.15) is 15.9 Å². The van der Waals surface area contributed by atoms with Crippen LogP contribution in [-0.4, -0.2) is 10.2 Å². The Kier molecular flexibility index (Phi) is 2.81. The Morgan fingerprint density at radius 3 is 2.57 bits per heavy atom. The van der Waals surface area contributed by atoms with E-state index in [2.05, 4.69) is 0 Å². The minimum Gasteiger partial charge on any atom is -0.275 e. The number of carbonyl (C=O) groups is 1. The van der Waals surface area contributed by atoms with E-state index in [9.17, 15) is 19.3 Å². The third kappa shape index (κ3) is 1.88. The fourth-order valence-corrected chi connectivity index (χ4v) is 1.15. The van der Waals surface area contributed by atoms with Crippen LogP contribution >= 0.6 is 11.6 Å². The van der Waals surface area contributed by atoms with Crippen molar-refractivity contribution < 1.29 is 14.1 Å². The van der Waals surface area contributed by atoms with Crippen LogP contribution in [0.5, 0.6) is 0 Å². The van der Waals surface area contributed by atoms with E-state index in [-0.39, 0.29) is 11.3 Å². The summed E-state index contributed by atoms with van der Waals surface area (Å²) >= 11 is 5.04. The van der Waals surface area contributed by atoms with Gasteiger partial charge in [-0.2, -0.15) is 0 Å². The van der Waals surface area contributed by atoms with Gasteiger partial charge in [-0.3, -0.25) is 14.9 Å². The standard InChI is InChI=1S/C8H5ClFNO3/c1-4-2-6(10)5(8(9)12)3-7(4)11(13)14/h2-3H,1H3. The lowest BCUT2D eigenvalue weighted by molar-refractivity contribution is -0.385. The van der Waals surface area contributed by atoms with Gasteiger partial charge in [0.1, 0.15) is 5.82 Å². The third-order valence-corrected chi connectivity index (χ3v) is 1.90. The first-order valence-corrected chi connectivity index (χ1v) is 3.95. The number of carbonyl (C=O) groups excluding carboxylic acids is 1. The Hall–Kier alpha value is -1.49. The van der Waals surface area contributed by atoms with Gasteiger partial charge in [-0.1, -0.05) is 0 Å². The molecule has 14 heavy (non-hydrogen) atoms. The first-order chi connectivity index (χ1) is 6.43. The Bertz CT molecular complexity index is 384. The van der Waals surface area contributed by atoms with Gasteiger partial charge in [0, 0.05) is 11.6 Å². The average molecular weight is 218 g/mol. The molecule has 0 saturated heterocycles. The molecule has 0 saturated carbocycles. The van der Waals surface area contributed by atoms with Gasteiger partial charge in [0.2, 0.25) is 0 Å². The minimum atomic E-state index is -1.05. The van der Waals surface area contributed by atoms with Crippen molar-refractivity contribution in [3.05, 3.63) is 39.2 Å². The van der Waals surface area contributed by atoms with Gasteiger partial charge < -0.3 is 0 Å². The lowest BCUT2D eigenvalue weighted by Gasteiger charge is -2.00. The lowest BCUT2D eigenvalue weighted by atomic mass is 10.1. The summed E-state index contributed by atoms with van der Waals surface area (Å²) in [6, 6.07) is 1.74. The number of hydrogen-bond acceptors (Lipinski definition) is 3. The molecule has 6 heteroatoms.